The molecular formula is C24H30N2O3. The van der Waals surface area contributed by atoms with E-state index in [2.05, 4.69) is 5.32 Å². The lowest BCUT2D eigenvalue weighted by Gasteiger charge is -2.32. The van der Waals surface area contributed by atoms with Gasteiger partial charge in [0.2, 0.25) is 5.91 Å². The van der Waals surface area contributed by atoms with Gasteiger partial charge in [-0.1, -0.05) is 74.5 Å². The van der Waals surface area contributed by atoms with Crippen LogP contribution in [0.25, 0.3) is 0 Å². The number of ether oxygens (including phenoxy) is 1. The lowest BCUT2D eigenvalue weighted by atomic mass is 9.87. The highest BCUT2D eigenvalue weighted by atomic mass is 16.6. The van der Waals surface area contributed by atoms with Gasteiger partial charge in [-0.3, -0.25) is 4.79 Å². The van der Waals surface area contributed by atoms with Crippen LogP contribution in [0.2, 0.25) is 0 Å². The summed E-state index contributed by atoms with van der Waals surface area (Å²) in [6, 6.07) is 19.4. The summed E-state index contributed by atoms with van der Waals surface area (Å²) in [6.07, 6.45) is -0.553. The van der Waals surface area contributed by atoms with Crippen LogP contribution in [0.15, 0.2) is 60.7 Å². The third-order valence-corrected chi connectivity index (χ3v) is 5.43. The fourth-order valence-corrected chi connectivity index (χ4v) is 4.24. The summed E-state index contributed by atoms with van der Waals surface area (Å²) in [4.78, 5) is 27.6. The molecule has 1 aliphatic rings. The molecule has 0 saturated carbocycles. The molecule has 0 spiro atoms. The smallest absolute Gasteiger partial charge is 0.417 e. The Bertz CT molecular complexity index is 834. The summed E-state index contributed by atoms with van der Waals surface area (Å²) in [7, 11) is 0. The van der Waals surface area contributed by atoms with Crippen molar-refractivity contribution in [3.8, 4) is 0 Å². The van der Waals surface area contributed by atoms with Crippen LogP contribution in [0.5, 0.6) is 0 Å². The Balaban J connectivity index is 1.83. The van der Waals surface area contributed by atoms with E-state index in [4.69, 9.17) is 4.74 Å². The highest BCUT2D eigenvalue weighted by Crippen LogP contribution is 2.36. The second-order valence-corrected chi connectivity index (χ2v) is 8.45. The minimum Gasteiger partial charge on any atom is -0.441 e. The first-order valence-corrected chi connectivity index (χ1v) is 10.2. The van der Waals surface area contributed by atoms with Gasteiger partial charge >= 0.3 is 6.09 Å². The van der Waals surface area contributed by atoms with E-state index in [1.807, 2.05) is 88.4 Å². The van der Waals surface area contributed by atoms with Crippen LogP contribution in [0.4, 0.5) is 4.79 Å². The molecule has 1 heterocycles. The van der Waals surface area contributed by atoms with E-state index in [0.29, 0.717) is 13.1 Å². The summed E-state index contributed by atoms with van der Waals surface area (Å²) in [6.45, 7) is 8.86. The molecule has 2 atom stereocenters. The Kier molecular flexibility index (Phi) is 6.38. The SMILES string of the molecule is CC(C)[C@H]1N(C(=O)[C@H](CNCc2ccccc2)c2ccccc2)C(=O)OC1(C)C. The Hall–Kier alpha value is -2.66. The highest BCUT2D eigenvalue weighted by Gasteiger charge is 2.52. The van der Waals surface area contributed by atoms with Gasteiger partial charge in [-0.15, -0.1) is 0 Å². The number of hydrogen-bond acceptors (Lipinski definition) is 4. The van der Waals surface area contributed by atoms with Crippen molar-refractivity contribution in [2.45, 2.75) is 51.8 Å². The summed E-state index contributed by atoms with van der Waals surface area (Å²) in [5, 5.41) is 3.38. The number of benzene rings is 2. The van der Waals surface area contributed by atoms with E-state index in [9.17, 15) is 9.59 Å². The fraction of sp³-hybridized carbons (Fsp3) is 0.417. The fourth-order valence-electron chi connectivity index (χ4n) is 4.24. The van der Waals surface area contributed by atoms with E-state index in [1.165, 1.54) is 4.90 Å². The van der Waals surface area contributed by atoms with E-state index >= 15 is 0 Å². The van der Waals surface area contributed by atoms with Crippen molar-refractivity contribution >= 4 is 12.0 Å². The number of nitrogens with one attached hydrogen (secondary N) is 1. The molecule has 0 unspecified atom stereocenters. The zero-order valence-electron chi connectivity index (χ0n) is 17.6. The molecule has 5 nitrogen and oxygen atoms in total. The van der Waals surface area contributed by atoms with Crippen molar-refractivity contribution in [1.29, 1.82) is 0 Å². The third kappa shape index (κ3) is 4.67. The molecule has 0 bridgehead atoms. The predicted octanol–water partition coefficient (Wildman–Crippen LogP) is 4.34. The number of carbonyl (C=O) groups excluding carboxylic acids is 2. The lowest BCUT2D eigenvalue weighted by molar-refractivity contribution is -0.132. The maximum absolute atomic E-state index is 13.6. The number of nitrogens with zero attached hydrogens (tertiary/aromatic N) is 1. The molecule has 1 saturated heterocycles. The van der Waals surface area contributed by atoms with Crippen LogP contribution >= 0.6 is 0 Å². The molecule has 154 valence electrons. The molecule has 2 aromatic rings. The van der Waals surface area contributed by atoms with Gasteiger partial charge in [0, 0.05) is 13.1 Å². The van der Waals surface area contributed by atoms with Crippen LogP contribution in [-0.2, 0) is 16.1 Å². The summed E-state index contributed by atoms with van der Waals surface area (Å²) in [5.41, 5.74) is 1.33. The van der Waals surface area contributed by atoms with Gasteiger partial charge in [0.05, 0.1) is 12.0 Å². The molecule has 29 heavy (non-hydrogen) atoms. The van der Waals surface area contributed by atoms with Gasteiger partial charge in [0.1, 0.15) is 5.60 Å². The topological polar surface area (TPSA) is 58.6 Å². The normalized spacial score (nSPS) is 19.3. The minimum absolute atomic E-state index is 0.0918. The molecular weight excluding hydrogens is 364 g/mol. The van der Waals surface area contributed by atoms with Crippen molar-refractivity contribution in [3.05, 3.63) is 71.8 Å². The van der Waals surface area contributed by atoms with Gasteiger partial charge < -0.3 is 10.1 Å². The number of carbonyl (C=O) groups is 2. The van der Waals surface area contributed by atoms with Gasteiger partial charge in [0.15, 0.2) is 0 Å². The molecule has 1 fully saturated rings. The molecule has 0 aliphatic carbocycles. The van der Waals surface area contributed by atoms with Crippen molar-refractivity contribution in [2.24, 2.45) is 5.92 Å². The number of imide groups is 1. The van der Waals surface area contributed by atoms with Gasteiger partial charge in [-0.2, -0.15) is 0 Å². The molecule has 3 rings (SSSR count). The predicted molar refractivity (Wildman–Crippen MR) is 113 cm³/mol. The van der Waals surface area contributed by atoms with Crippen LogP contribution in [0, 0.1) is 5.92 Å². The zero-order chi connectivity index (χ0) is 21.0. The van der Waals surface area contributed by atoms with Crippen LogP contribution in [-0.4, -0.2) is 35.1 Å². The number of amides is 2. The maximum atomic E-state index is 13.6. The van der Waals surface area contributed by atoms with Crippen molar-refractivity contribution in [3.63, 3.8) is 0 Å². The minimum atomic E-state index is -0.709. The quantitative estimate of drug-likeness (QED) is 0.759. The van der Waals surface area contributed by atoms with Gasteiger partial charge in [-0.25, -0.2) is 9.69 Å². The maximum Gasteiger partial charge on any atom is 0.417 e. The Labute approximate surface area is 173 Å². The van der Waals surface area contributed by atoms with Crippen molar-refractivity contribution in [2.75, 3.05) is 6.54 Å². The Morgan fingerprint density at radius 2 is 1.66 bits per heavy atom. The lowest BCUT2D eigenvalue weighted by Crippen LogP contribution is -2.50. The molecule has 2 aromatic carbocycles. The van der Waals surface area contributed by atoms with E-state index in [0.717, 1.165) is 11.1 Å². The number of hydrogen-bond donors (Lipinski definition) is 1. The highest BCUT2D eigenvalue weighted by molar-refractivity contribution is 5.97. The summed E-state index contributed by atoms with van der Waals surface area (Å²) in [5.74, 6) is -0.595. The largest absolute Gasteiger partial charge is 0.441 e. The van der Waals surface area contributed by atoms with Crippen LogP contribution < -0.4 is 5.32 Å². The van der Waals surface area contributed by atoms with Gasteiger partial charge in [-0.05, 0) is 30.9 Å². The Morgan fingerprint density at radius 1 is 1.07 bits per heavy atom. The molecule has 5 heteroatoms. The number of cyclic esters (lactones) is 1. The molecule has 1 aliphatic heterocycles. The zero-order valence-corrected chi connectivity index (χ0v) is 17.6. The first-order chi connectivity index (χ1) is 13.8. The van der Waals surface area contributed by atoms with Crippen LogP contribution in [0.1, 0.15) is 44.7 Å². The second-order valence-electron chi connectivity index (χ2n) is 8.45. The van der Waals surface area contributed by atoms with E-state index in [1.54, 1.807) is 0 Å². The first-order valence-electron chi connectivity index (χ1n) is 10.2. The Morgan fingerprint density at radius 3 is 2.24 bits per heavy atom. The molecule has 0 aromatic heterocycles. The average molecular weight is 395 g/mol. The van der Waals surface area contributed by atoms with E-state index in [-0.39, 0.29) is 17.9 Å². The molecule has 2 amide bonds. The molecule has 0 radical (unpaired) electrons. The second kappa shape index (κ2) is 8.78. The third-order valence-electron chi connectivity index (χ3n) is 5.43. The molecule has 1 N–H and O–H groups in total. The van der Waals surface area contributed by atoms with Gasteiger partial charge in [0.25, 0.3) is 0 Å². The van der Waals surface area contributed by atoms with Crippen molar-refractivity contribution < 1.29 is 14.3 Å². The van der Waals surface area contributed by atoms with Crippen molar-refractivity contribution in [1.82, 2.24) is 10.2 Å². The number of rotatable bonds is 7. The average Bonchev–Trinajstić information content (AvgIpc) is 2.94. The standard InChI is InChI=1S/C24H30N2O3/c1-17(2)21-24(3,4)29-23(28)26(21)22(27)20(19-13-9-6-10-14-19)16-25-15-18-11-7-5-8-12-18/h5-14,17,20-21,25H,15-16H2,1-4H3/t20-,21-/m1/s1. The monoisotopic (exact) mass is 394 g/mol. The van der Waals surface area contributed by atoms with Crippen LogP contribution in [0.3, 0.4) is 0 Å². The first kappa shape index (κ1) is 21.1. The van der Waals surface area contributed by atoms with E-state index < -0.39 is 17.6 Å². The summed E-state index contributed by atoms with van der Waals surface area (Å²) >= 11 is 0. The summed E-state index contributed by atoms with van der Waals surface area (Å²) < 4.78 is 5.56.